The van der Waals surface area contributed by atoms with Gasteiger partial charge in [-0.1, -0.05) is 18.6 Å². The lowest BCUT2D eigenvalue weighted by atomic mass is 9.60. The number of hydrogen-bond acceptors (Lipinski definition) is 6. The lowest BCUT2D eigenvalue weighted by Crippen LogP contribution is -2.55. The monoisotopic (exact) mass is 493 g/mol. The number of nitrogens with zero attached hydrogens (tertiary/aromatic N) is 6. The number of ketones is 1. The van der Waals surface area contributed by atoms with Gasteiger partial charge in [0, 0.05) is 38.3 Å². The molecule has 10 nitrogen and oxygen atoms in total. The van der Waals surface area contributed by atoms with Gasteiger partial charge in [0.1, 0.15) is 0 Å². The van der Waals surface area contributed by atoms with E-state index in [0.717, 1.165) is 19.0 Å². The summed E-state index contributed by atoms with van der Waals surface area (Å²) in [5.74, 6) is 0.0317. The summed E-state index contributed by atoms with van der Waals surface area (Å²) in [6, 6.07) is 0. The quantitative estimate of drug-likeness (QED) is 0.440. The van der Waals surface area contributed by atoms with Crippen molar-refractivity contribution in [3.63, 3.8) is 0 Å². The van der Waals surface area contributed by atoms with Crippen LogP contribution < -0.4 is 0 Å². The Hall–Kier alpha value is -3.63. The van der Waals surface area contributed by atoms with Crippen LogP contribution in [0.15, 0.2) is 24.8 Å². The van der Waals surface area contributed by atoms with E-state index in [1.165, 1.54) is 34.8 Å². The number of halogens is 1. The molecule has 0 spiro atoms. The average molecular weight is 494 g/mol. The van der Waals surface area contributed by atoms with Crippen LogP contribution in [0.2, 0.25) is 0 Å². The van der Waals surface area contributed by atoms with E-state index < -0.39 is 17.5 Å². The number of aromatic nitrogens is 5. The molecular weight excluding hydrogens is 465 g/mol. The topological polar surface area (TPSA) is 117 Å². The third kappa shape index (κ3) is 3.68. The normalized spacial score (nSPS) is 25.9. The maximum atomic E-state index is 14.7. The van der Waals surface area contributed by atoms with Gasteiger partial charge in [-0.3, -0.25) is 14.4 Å². The van der Waals surface area contributed by atoms with E-state index in [1.807, 2.05) is 4.90 Å². The Bertz CT molecular complexity index is 1330. The van der Waals surface area contributed by atoms with Crippen LogP contribution in [0.4, 0.5) is 4.39 Å². The maximum absolute atomic E-state index is 14.7. The number of fused-ring (bicyclic) bond motifs is 4. The second-order valence-corrected chi connectivity index (χ2v) is 10.3. The van der Waals surface area contributed by atoms with E-state index in [2.05, 4.69) is 27.2 Å². The number of amides is 2. The molecule has 1 N–H and O–H groups in total. The summed E-state index contributed by atoms with van der Waals surface area (Å²) in [5, 5.41) is 7.59. The summed E-state index contributed by atoms with van der Waals surface area (Å²) in [5.41, 5.74) is 0.199. The zero-order chi connectivity index (χ0) is 25.0. The zero-order valence-electron chi connectivity index (χ0n) is 20.1. The summed E-state index contributed by atoms with van der Waals surface area (Å²) >= 11 is 0. The molecule has 0 aromatic carbocycles. The molecule has 2 amide bonds. The number of carbonyl (C=O) groups excluding carboxylic acids is 3. The summed E-state index contributed by atoms with van der Waals surface area (Å²) in [6.45, 7) is 3.63. The van der Waals surface area contributed by atoms with Gasteiger partial charge in [-0.2, -0.15) is 0 Å². The van der Waals surface area contributed by atoms with Gasteiger partial charge >= 0.3 is 0 Å². The predicted molar refractivity (Wildman–Crippen MR) is 127 cm³/mol. The van der Waals surface area contributed by atoms with Crippen LogP contribution in [-0.2, 0) is 9.59 Å². The van der Waals surface area contributed by atoms with Crippen LogP contribution in [0.3, 0.4) is 0 Å². The van der Waals surface area contributed by atoms with Crippen molar-refractivity contribution in [2.75, 3.05) is 26.2 Å². The third-order valence-corrected chi connectivity index (χ3v) is 8.37. The van der Waals surface area contributed by atoms with Crippen LogP contribution in [-0.4, -0.2) is 78.5 Å². The fourth-order valence-corrected chi connectivity index (χ4v) is 6.55. The van der Waals surface area contributed by atoms with Gasteiger partial charge < -0.3 is 14.8 Å². The molecule has 2 bridgehead atoms. The largest absolute Gasteiger partial charge is 0.357 e. The van der Waals surface area contributed by atoms with Crippen molar-refractivity contribution in [3.05, 3.63) is 36.2 Å². The minimum Gasteiger partial charge on any atom is -0.357 e. The lowest BCUT2D eigenvalue weighted by molar-refractivity contribution is -0.146. The Labute approximate surface area is 206 Å². The summed E-state index contributed by atoms with van der Waals surface area (Å²) < 4.78 is 16.1. The smallest absolute Gasteiger partial charge is 0.295 e. The molecule has 3 aromatic rings. The molecule has 4 fully saturated rings. The van der Waals surface area contributed by atoms with E-state index in [9.17, 15) is 18.8 Å². The molecule has 1 aliphatic heterocycles. The molecular formula is C25H28FN7O3. The van der Waals surface area contributed by atoms with Crippen molar-refractivity contribution in [1.29, 1.82) is 0 Å². The highest BCUT2D eigenvalue weighted by Gasteiger charge is 2.45. The Morgan fingerprint density at radius 1 is 1.08 bits per heavy atom. The molecule has 11 heteroatoms. The van der Waals surface area contributed by atoms with Gasteiger partial charge in [0.15, 0.2) is 11.6 Å². The van der Waals surface area contributed by atoms with Gasteiger partial charge in [0.05, 0.1) is 35.1 Å². The van der Waals surface area contributed by atoms with Crippen molar-refractivity contribution in [1.82, 2.24) is 34.8 Å². The molecule has 3 saturated carbocycles. The number of Topliss-reactive ketones (excluding diaryl/α,β-unsaturated/α-hetero) is 1. The van der Waals surface area contributed by atoms with Crippen LogP contribution >= 0.6 is 0 Å². The van der Waals surface area contributed by atoms with Crippen molar-refractivity contribution in [2.24, 2.45) is 23.7 Å². The van der Waals surface area contributed by atoms with Gasteiger partial charge in [0.25, 0.3) is 11.7 Å². The van der Waals surface area contributed by atoms with Crippen LogP contribution in [0, 0.1) is 29.5 Å². The molecule has 4 unspecified atom stereocenters. The third-order valence-electron chi connectivity index (χ3n) is 8.37. The van der Waals surface area contributed by atoms with Gasteiger partial charge in [-0.05, 0) is 37.0 Å². The Balaban J connectivity index is 1.15. The second kappa shape index (κ2) is 8.79. The van der Waals surface area contributed by atoms with Gasteiger partial charge in [-0.25, -0.2) is 14.1 Å². The number of hydrogen-bond donors (Lipinski definition) is 1. The van der Waals surface area contributed by atoms with E-state index in [1.54, 1.807) is 6.20 Å². The Morgan fingerprint density at radius 2 is 1.86 bits per heavy atom. The lowest BCUT2D eigenvalue weighted by Gasteiger charge is -2.47. The average Bonchev–Trinajstić information content (AvgIpc) is 3.59. The number of H-pyrrole nitrogens is 1. The fourth-order valence-electron chi connectivity index (χ4n) is 6.55. The minimum absolute atomic E-state index is 0.0101. The highest BCUT2D eigenvalue weighted by molar-refractivity contribution is 6.45. The van der Waals surface area contributed by atoms with Crippen molar-refractivity contribution in [3.8, 4) is 5.82 Å². The van der Waals surface area contributed by atoms with Crippen LogP contribution in [0.25, 0.3) is 16.7 Å². The van der Waals surface area contributed by atoms with Crippen LogP contribution in [0.1, 0.15) is 43.0 Å². The molecule has 7 rings (SSSR count). The molecule has 4 atom stereocenters. The second-order valence-electron chi connectivity index (χ2n) is 10.3. The molecule has 1 saturated heterocycles. The molecule has 4 aliphatic rings. The van der Waals surface area contributed by atoms with E-state index in [-0.39, 0.29) is 47.2 Å². The first-order valence-corrected chi connectivity index (χ1v) is 12.6. The first kappa shape index (κ1) is 22.8. The predicted octanol–water partition coefficient (Wildman–Crippen LogP) is 2.21. The first-order valence-electron chi connectivity index (χ1n) is 12.6. The molecule has 3 aliphatic carbocycles. The molecule has 36 heavy (non-hydrogen) atoms. The fraction of sp³-hybridized carbons (Fsp3) is 0.520. The van der Waals surface area contributed by atoms with Crippen molar-refractivity contribution in [2.45, 2.75) is 32.6 Å². The standard InChI is InChI=1S/C25H28FN7O3/c1-14-10-15-2-3-16(14)17(11-15)24(35)31-6-8-32(9-7-31)25(36)22(34)18-12-27-21-20(18)19(26)13-28-23(21)33-5-4-29-30-33/h4-5,12-17,27H,2-3,6-11H2,1H3. The molecule has 188 valence electrons. The molecule has 4 heterocycles. The number of carbonyl (C=O) groups is 3. The van der Waals surface area contributed by atoms with Crippen molar-refractivity contribution < 1.29 is 18.8 Å². The molecule has 3 aromatic heterocycles. The zero-order valence-corrected chi connectivity index (χ0v) is 20.1. The Kier molecular flexibility index (Phi) is 5.57. The van der Waals surface area contributed by atoms with Gasteiger partial charge in [-0.15, -0.1) is 5.10 Å². The maximum Gasteiger partial charge on any atom is 0.295 e. The number of piperazine rings is 1. The van der Waals surface area contributed by atoms with E-state index in [0.29, 0.717) is 30.8 Å². The SMILES string of the molecule is CC1CC2CCC1C(C(=O)N1CCN(C(=O)C(=O)c3c[nH]c4c(-n5ccnn5)ncc(F)c34)CC1)C2. The highest BCUT2D eigenvalue weighted by atomic mass is 19.1. The first-order chi connectivity index (χ1) is 17.4. The summed E-state index contributed by atoms with van der Waals surface area (Å²) in [7, 11) is 0. The van der Waals surface area contributed by atoms with E-state index >= 15 is 0 Å². The number of nitrogens with one attached hydrogen (secondary N) is 1. The number of aromatic amines is 1. The van der Waals surface area contributed by atoms with E-state index in [4.69, 9.17) is 0 Å². The number of rotatable bonds is 4. The van der Waals surface area contributed by atoms with Crippen LogP contribution in [0.5, 0.6) is 0 Å². The number of pyridine rings is 1. The summed E-state index contributed by atoms with van der Waals surface area (Å²) in [4.78, 5) is 49.7. The van der Waals surface area contributed by atoms with Crippen molar-refractivity contribution >= 4 is 28.5 Å². The molecule has 0 radical (unpaired) electrons. The Morgan fingerprint density at radius 3 is 2.56 bits per heavy atom. The van der Waals surface area contributed by atoms with Gasteiger partial charge in [0.2, 0.25) is 5.91 Å². The summed E-state index contributed by atoms with van der Waals surface area (Å²) in [6.07, 6.45) is 9.89. The minimum atomic E-state index is -0.797. The highest BCUT2D eigenvalue weighted by Crippen LogP contribution is 2.48.